The molecule has 0 aliphatic heterocycles. The summed E-state index contributed by atoms with van der Waals surface area (Å²) in [5.41, 5.74) is 0.391. The maximum atomic E-state index is 11.9. The van der Waals surface area contributed by atoms with E-state index in [0.717, 1.165) is 11.5 Å². The number of hydrogen-bond acceptors (Lipinski definition) is 6. The molecule has 2 aromatic rings. The molecule has 1 N–H and O–H groups in total. The van der Waals surface area contributed by atoms with Crippen LogP contribution in [-0.4, -0.2) is 28.3 Å². The van der Waals surface area contributed by atoms with Gasteiger partial charge in [-0.25, -0.2) is 4.79 Å². The van der Waals surface area contributed by atoms with Crippen molar-refractivity contribution in [1.82, 2.24) is 9.36 Å². The number of carbonyl (C=O) groups is 2. The van der Waals surface area contributed by atoms with E-state index in [0.29, 0.717) is 10.6 Å². The number of hydrogen-bond donors (Lipinski definition) is 1. The number of esters is 1. The minimum Gasteiger partial charge on any atom is -0.463 e. The number of nitrogens with zero attached hydrogens (tertiary/aromatic N) is 2. The number of carbonyl (C=O) groups excluding carboxylic acids is 2. The Balaban J connectivity index is 2.11. The van der Waals surface area contributed by atoms with Crippen molar-refractivity contribution in [1.29, 1.82) is 0 Å². The van der Waals surface area contributed by atoms with Crippen LogP contribution in [0.2, 0.25) is 5.02 Å². The van der Waals surface area contributed by atoms with Crippen LogP contribution in [-0.2, 0) is 4.74 Å². The van der Waals surface area contributed by atoms with Crippen molar-refractivity contribution < 1.29 is 14.3 Å². The zero-order chi connectivity index (χ0) is 13.8. The SMILES string of the molecule is COC(=O)c1nsc(NC(=O)c2cccc(Cl)c2)n1. The largest absolute Gasteiger partial charge is 0.463 e. The van der Waals surface area contributed by atoms with E-state index in [9.17, 15) is 9.59 Å². The number of aromatic nitrogens is 2. The first-order valence-electron chi connectivity index (χ1n) is 5.09. The third kappa shape index (κ3) is 3.27. The third-order valence-electron chi connectivity index (χ3n) is 2.10. The number of ether oxygens (including phenoxy) is 1. The van der Waals surface area contributed by atoms with Crippen molar-refractivity contribution in [3.8, 4) is 0 Å². The summed E-state index contributed by atoms with van der Waals surface area (Å²) < 4.78 is 8.23. The second-order valence-electron chi connectivity index (χ2n) is 3.38. The van der Waals surface area contributed by atoms with Gasteiger partial charge in [-0.3, -0.25) is 10.1 Å². The predicted molar refractivity (Wildman–Crippen MR) is 70.7 cm³/mol. The van der Waals surface area contributed by atoms with Crippen molar-refractivity contribution in [3.05, 3.63) is 40.7 Å². The zero-order valence-electron chi connectivity index (χ0n) is 9.71. The molecule has 1 heterocycles. The first kappa shape index (κ1) is 13.4. The minimum absolute atomic E-state index is 0.0890. The molecule has 0 aliphatic carbocycles. The maximum absolute atomic E-state index is 11.9. The fourth-order valence-corrected chi connectivity index (χ4v) is 1.99. The van der Waals surface area contributed by atoms with Crippen LogP contribution in [0.4, 0.5) is 5.13 Å². The van der Waals surface area contributed by atoms with Gasteiger partial charge in [0.1, 0.15) is 0 Å². The lowest BCUT2D eigenvalue weighted by molar-refractivity contribution is 0.0588. The molecule has 2 rings (SSSR count). The van der Waals surface area contributed by atoms with E-state index in [-0.39, 0.29) is 16.9 Å². The van der Waals surface area contributed by atoms with Crippen molar-refractivity contribution in [3.63, 3.8) is 0 Å². The molecule has 6 nitrogen and oxygen atoms in total. The quantitative estimate of drug-likeness (QED) is 0.879. The number of benzene rings is 1. The summed E-state index contributed by atoms with van der Waals surface area (Å²) >= 11 is 6.68. The fraction of sp³-hybridized carbons (Fsp3) is 0.0909. The average molecular weight is 298 g/mol. The van der Waals surface area contributed by atoms with Gasteiger partial charge in [0.15, 0.2) is 0 Å². The van der Waals surface area contributed by atoms with Gasteiger partial charge in [0.05, 0.1) is 7.11 Å². The monoisotopic (exact) mass is 297 g/mol. The molecule has 98 valence electrons. The molecule has 19 heavy (non-hydrogen) atoms. The molecule has 0 bridgehead atoms. The lowest BCUT2D eigenvalue weighted by atomic mass is 10.2. The second kappa shape index (κ2) is 5.77. The smallest absolute Gasteiger partial charge is 0.377 e. The van der Waals surface area contributed by atoms with Crippen molar-refractivity contribution in [2.45, 2.75) is 0 Å². The molecule has 0 radical (unpaired) electrons. The van der Waals surface area contributed by atoms with Gasteiger partial charge in [-0.05, 0) is 18.2 Å². The van der Waals surface area contributed by atoms with Crippen molar-refractivity contribution in [2.24, 2.45) is 0 Å². The fourth-order valence-electron chi connectivity index (χ4n) is 1.25. The molecule has 0 saturated carbocycles. The van der Waals surface area contributed by atoms with Gasteiger partial charge in [0, 0.05) is 22.1 Å². The summed E-state index contributed by atoms with van der Waals surface area (Å²) in [6.45, 7) is 0. The normalized spacial score (nSPS) is 10.0. The number of halogens is 1. The van der Waals surface area contributed by atoms with Gasteiger partial charge in [-0.2, -0.15) is 9.36 Å². The van der Waals surface area contributed by atoms with E-state index >= 15 is 0 Å². The Labute approximate surface area is 117 Å². The Morgan fingerprint density at radius 2 is 2.21 bits per heavy atom. The summed E-state index contributed by atoms with van der Waals surface area (Å²) in [7, 11) is 1.23. The number of amides is 1. The molecule has 0 fully saturated rings. The number of anilines is 1. The number of methoxy groups -OCH3 is 1. The van der Waals surface area contributed by atoms with E-state index in [1.807, 2.05) is 0 Å². The van der Waals surface area contributed by atoms with Gasteiger partial charge < -0.3 is 4.74 Å². The Hall–Kier alpha value is -1.99. The lowest BCUT2D eigenvalue weighted by Gasteiger charge is -2.01. The first-order chi connectivity index (χ1) is 9.10. The molecular weight excluding hydrogens is 290 g/mol. The molecule has 0 saturated heterocycles. The maximum Gasteiger partial charge on any atom is 0.377 e. The van der Waals surface area contributed by atoms with Crippen LogP contribution in [0.1, 0.15) is 21.0 Å². The van der Waals surface area contributed by atoms with Gasteiger partial charge >= 0.3 is 5.97 Å². The highest BCUT2D eigenvalue weighted by Gasteiger charge is 2.15. The van der Waals surface area contributed by atoms with E-state index in [2.05, 4.69) is 19.4 Å². The first-order valence-corrected chi connectivity index (χ1v) is 6.24. The summed E-state index contributed by atoms with van der Waals surface area (Å²) in [5, 5.41) is 3.20. The van der Waals surface area contributed by atoms with Crippen LogP contribution in [0, 0.1) is 0 Å². The topological polar surface area (TPSA) is 81.2 Å². The van der Waals surface area contributed by atoms with Crippen LogP contribution < -0.4 is 5.32 Å². The molecule has 1 aromatic carbocycles. The van der Waals surface area contributed by atoms with Crippen molar-refractivity contribution in [2.75, 3.05) is 12.4 Å². The Morgan fingerprint density at radius 3 is 2.89 bits per heavy atom. The van der Waals surface area contributed by atoms with E-state index < -0.39 is 5.97 Å². The lowest BCUT2D eigenvalue weighted by Crippen LogP contribution is -2.12. The van der Waals surface area contributed by atoms with Gasteiger partial charge in [-0.1, -0.05) is 17.7 Å². The van der Waals surface area contributed by atoms with Crippen LogP contribution in [0.25, 0.3) is 0 Å². The summed E-state index contributed by atoms with van der Waals surface area (Å²) in [6, 6.07) is 6.47. The predicted octanol–water partition coefficient (Wildman–Crippen LogP) is 2.23. The van der Waals surface area contributed by atoms with Crippen LogP contribution in [0.3, 0.4) is 0 Å². The summed E-state index contributed by atoms with van der Waals surface area (Å²) in [4.78, 5) is 26.9. The third-order valence-corrected chi connectivity index (χ3v) is 2.97. The highest BCUT2D eigenvalue weighted by Crippen LogP contribution is 2.15. The standard InChI is InChI=1S/C11H8ClN3O3S/c1-18-10(17)8-13-11(19-15-8)14-9(16)6-3-2-4-7(12)5-6/h2-5H,1H3,(H,13,14,15,16). The molecule has 0 unspecified atom stereocenters. The van der Waals surface area contributed by atoms with Crippen molar-refractivity contribution >= 4 is 40.1 Å². The highest BCUT2D eigenvalue weighted by atomic mass is 35.5. The van der Waals surface area contributed by atoms with Gasteiger partial charge in [-0.15, -0.1) is 0 Å². The molecule has 0 spiro atoms. The summed E-state index contributed by atoms with van der Waals surface area (Å²) in [6.07, 6.45) is 0. The summed E-state index contributed by atoms with van der Waals surface area (Å²) in [5.74, 6) is -1.12. The minimum atomic E-state index is -0.653. The Morgan fingerprint density at radius 1 is 1.42 bits per heavy atom. The second-order valence-corrected chi connectivity index (χ2v) is 4.57. The highest BCUT2D eigenvalue weighted by molar-refractivity contribution is 7.10. The molecule has 8 heteroatoms. The van der Waals surface area contributed by atoms with Gasteiger partial charge in [0.25, 0.3) is 11.7 Å². The van der Waals surface area contributed by atoms with Crippen LogP contribution in [0.5, 0.6) is 0 Å². The van der Waals surface area contributed by atoms with Crippen LogP contribution in [0.15, 0.2) is 24.3 Å². The molecule has 1 amide bonds. The van der Waals surface area contributed by atoms with E-state index in [4.69, 9.17) is 11.6 Å². The van der Waals surface area contributed by atoms with E-state index in [1.165, 1.54) is 13.2 Å². The van der Waals surface area contributed by atoms with E-state index in [1.54, 1.807) is 18.2 Å². The average Bonchev–Trinajstić information content (AvgIpc) is 2.86. The van der Waals surface area contributed by atoms with Crippen LogP contribution >= 0.6 is 23.1 Å². The zero-order valence-corrected chi connectivity index (χ0v) is 11.3. The Kier molecular flexibility index (Phi) is 4.08. The number of nitrogens with one attached hydrogen (secondary N) is 1. The molecule has 1 aromatic heterocycles. The molecule has 0 atom stereocenters. The Bertz CT molecular complexity index is 629. The molecule has 0 aliphatic rings. The number of rotatable bonds is 3. The molecular formula is C11H8ClN3O3S. The van der Waals surface area contributed by atoms with Gasteiger partial charge in [0.2, 0.25) is 5.13 Å².